The summed E-state index contributed by atoms with van der Waals surface area (Å²) >= 11 is 1.52. The van der Waals surface area contributed by atoms with Gasteiger partial charge in [-0.25, -0.2) is 14.8 Å². The smallest absolute Gasteiger partial charge is 0.357 e. The van der Waals surface area contributed by atoms with Crippen molar-refractivity contribution in [3.05, 3.63) is 29.3 Å². The number of thiophene rings is 1. The van der Waals surface area contributed by atoms with E-state index in [0.717, 1.165) is 4.88 Å². The molecule has 2 heterocycles. The molecule has 0 aliphatic carbocycles. The van der Waals surface area contributed by atoms with E-state index in [0.29, 0.717) is 12.3 Å². The Bertz CT molecular complexity index is 526. The van der Waals surface area contributed by atoms with Gasteiger partial charge in [0, 0.05) is 0 Å². The molecule has 0 atom stereocenters. The molecular weight excluding hydrogens is 238 g/mol. The number of carbonyl (C=O) groups is 1. The number of ether oxygens (including phenoxy) is 1. The van der Waals surface area contributed by atoms with Crippen molar-refractivity contribution in [3.63, 3.8) is 0 Å². The number of anilines is 1. The van der Waals surface area contributed by atoms with Gasteiger partial charge in [-0.1, -0.05) is 6.07 Å². The summed E-state index contributed by atoms with van der Waals surface area (Å²) < 4.78 is 4.87. The summed E-state index contributed by atoms with van der Waals surface area (Å²) in [5.74, 6) is -0.418. The van der Waals surface area contributed by atoms with Crippen LogP contribution in [0.5, 0.6) is 0 Å². The van der Waals surface area contributed by atoms with Crippen LogP contribution in [0.2, 0.25) is 0 Å². The minimum absolute atomic E-state index is 0.0685. The third-order valence-corrected chi connectivity index (χ3v) is 2.89. The molecule has 0 spiro atoms. The van der Waals surface area contributed by atoms with Gasteiger partial charge in [-0.3, -0.25) is 0 Å². The second-order valence-electron chi connectivity index (χ2n) is 3.19. The average Bonchev–Trinajstić information content (AvgIpc) is 2.82. The van der Waals surface area contributed by atoms with E-state index >= 15 is 0 Å². The van der Waals surface area contributed by atoms with Crippen molar-refractivity contribution in [2.45, 2.75) is 6.92 Å². The number of rotatable bonds is 3. The Morgan fingerprint density at radius 3 is 3.00 bits per heavy atom. The van der Waals surface area contributed by atoms with Gasteiger partial charge in [0.15, 0.2) is 5.69 Å². The molecule has 6 heteroatoms. The topological polar surface area (TPSA) is 78.1 Å². The van der Waals surface area contributed by atoms with Crippen molar-refractivity contribution in [1.29, 1.82) is 0 Å². The number of esters is 1. The third kappa shape index (κ3) is 2.59. The minimum atomic E-state index is -0.487. The predicted molar refractivity (Wildman–Crippen MR) is 65.7 cm³/mol. The summed E-state index contributed by atoms with van der Waals surface area (Å²) in [4.78, 5) is 20.4. The summed E-state index contributed by atoms with van der Waals surface area (Å²) in [7, 11) is 0. The predicted octanol–water partition coefficient (Wildman–Crippen LogP) is 1.96. The molecule has 2 rings (SSSR count). The van der Waals surface area contributed by atoms with E-state index in [1.807, 2.05) is 17.5 Å². The third-order valence-electron chi connectivity index (χ3n) is 2.00. The molecule has 0 aliphatic rings. The highest BCUT2D eigenvalue weighted by atomic mass is 32.1. The van der Waals surface area contributed by atoms with Gasteiger partial charge in [-0.05, 0) is 24.4 Å². The molecule has 0 bridgehead atoms. The fourth-order valence-corrected chi connectivity index (χ4v) is 2.01. The summed E-state index contributed by atoms with van der Waals surface area (Å²) in [5, 5.41) is 1.93. The van der Waals surface area contributed by atoms with Gasteiger partial charge in [-0.2, -0.15) is 0 Å². The first-order valence-corrected chi connectivity index (χ1v) is 5.94. The molecule has 0 aliphatic heterocycles. The second kappa shape index (κ2) is 4.92. The van der Waals surface area contributed by atoms with Crippen LogP contribution >= 0.6 is 11.3 Å². The monoisotopic (exact) mass is 249 g/mol. The lowest BCUT2D eigenvalue weighted by Crippen LogP contribution is -2.10. The summed E-state index contributed by atoms with van der Waals surface area (Å²) in [6.45, 7) is 2.04. The Hall–Kier alpha value is -1.95. The van der Waals surface area contributed by atoms with Crippen LogP contribution in [0.15, 0.2) is 23.6 Å². The lowest BCUT2D eigenvalue weighted by Gasteiger charge is -2.04. The number of carbonyl (C=O) groups excluding carboxylic acids is 1. The summed E-state index contributed by atoms with van der Waals surface area (Å²) in [6.07, 6.45) is 0. The van der Waals surface area contributed by atoms with Gasteiger partial charge in [0.25, 0.3) is 0 Å². The Balaban J connectivity index is 2.39. The highest BCUT2D eigenvalue weighted by Crippen LogP contribution is 2.23. The van der Waals surface area contributed by atoms with Crippen LogP contribution in [0, 0.1) is 0 Å². The van der Waals surface area contributed by atoms with Gasteiger partial charge >= 0.3 is 5.97 Å². The molecule has 2 aromatic rings. The Labute approximate surface area is 102 Å². The van der Waals surface area contributed by atoms with Crippen molar-refractivity contribution >= 4 is 23.3 Å². The fourth-order valence-electron chi connectivity index (χ4n) is 1.33. The fraction of sp³-hybridized carbons (Fsp3) is 0.182. The van der Waals surface area contributed by atoms with Crippen molar-refractivity contribution < 1.29 is 9.53 Å². The summed E-state index contributed by atoms with van der Waals surface area (Å²) in [5.41, 5.74) is 6.39. The normalized spacial score (nSPS) is 10.2. The zero-order valence-corrected chi connectivity index (χ0v) is 10.0. The van der Waals surface area contributed by atoms with Gasteiger partial charge in [-0.15, -0.1) is 11.3 Å². The highest BCUT2D eigenvalue weighted by molar-refractivity contribution is 7.13. The number of nitrogens with two attached hydrogens (primary N) is 1. The molecule has 5 nitrogen and oxygen atoms in total. The second-order valence-corrected chi connectivity index (χ2v) is 4.14. The van der Waals surface area contributed by atoms with Crippen molar-refractivity contribution in [3.8, 4) is 10.6 Å². The Morgan fingerprint density at radius 1 is 1.53 bits per heavy atom. The largest absolute Gasteiger partial charge is 0.461 e. The summed E-state index contributed by atoms with van der Waals surface area (Å²) in [6, 6.07) is 5.39. The number of hydrogen-bond donors (Lipinski definition) is 1. The first kappa shape index (κ1) is 11.5. The molecular formula is C11H11N3O2S. The number of aromatic nitrogens is 2. The molecule has 0 radical (unpaired) electrons. The average molecular weight is 249 g/mol. The van der Waals surface area contributed by atoms with Crippen LogP contribution in [0.3, 0.4) is 0 Å². The quantitative estimate of drug-likeness (QED) is 0.841. The number of hydrogen-bond acceptors (Lipinski definition) is 6. The van der Waals surface area contributed by atoms with E-state index in [4.69, 9.17) is 10.5 Å². The van der Waals surface area contributed by atoms with Gasteiger partial charge in [0.2, 0.25) is 5.95 Å². The van der Waals surface area contributed by atoms with E-state index in [-0.39, 0.29) is 11.6 Å². The molecule has 2 aromatic heterocycles. The van der Waals surface area contributed by atoms with E-state index in [9.17, 15) is 4.79 Å². The first-order valence-electron chi connectivity index (χ1n) is 5.06. The van der Waals surface area contributed by atoms with Crippen molar-refractivity contribution in [1.82, 2.24) is 9.97 Å². The van der Waals surface area contributed by atoms with Crippen LogP contribution in [0.1, 0.15) is 17.4 Å². The molecule has 0 aromatic carbocycles. The Morgan fingerprint density at radius 2 is 2.35 bits per heavy atom. The number of nitrogen functional groups attached to an aromatic ring is 1. The maximum atomic E-state index is 11.6. The van der Waals surface area contributed by atoms with Crippen LogP contribution in [-0.2, 0) is 4.74 Å². The van der Waals surface area contributed by atoms with Crippen LogP contribution in [0.25, 0.3) is 10.6 Å². The molecule has 2 N–H and O–H groups in total. The standard InChI is InChI=1S/C11H11N3O2S/c1-2-16-10(15)8-6-7(13-11(12)14-8)9-4-3-5-17-9/h3-6H,2H2,1H3,(H2,12,13,14). The van der Waals surface area contributed by atoms with Crippen molar-refractivity contribution in [2.75, 3.05) is 12.3 Å². The van der Waals surface area contributed by atoms with Gasteiger partial charge in [0.05, 0.1) is 17.2 Å². The molecule has 0 fully saturated rings. The van der Waals surface area contributed by atoms with Gasteiger partial charge < -0.3 is 10.5 Å². The van der Waals surface area contributed by atoms with Gasteiger partial charge in [0.1, 0.15) is 0 Å². The SMILES string of the molecule is CCOC(=O)c1cc(-c2cccs2)nc(N)n1. The maximum absolute atomic E-state index is 11.6. The Kier molecular flexibility index (Phi) is 3.34. The molecule has 0 unspecified atom stereocenters. The lowest BCUT2D eigenvalue weighted by molar-refractivity contribution is 0.0519. The molecule has 0 amide bonds. The minimum Gasteiger partial charge on any atom is -0.461 e. The van der Waals surface area contributed by atoms with E-state index < -0.39 is 5.97 Å². The zero-order chi connectivity index (χ0) is 12.3. The van der Waals surface area contributed by atoms with Crippen LogP contribution in [-0.4, -0.2) is 22.5 Å². The highest BCUT2D eigenvalue weighted by Gasteiger charge is 2.12. The number of nitrogens with zero attached hydrogens (tertiary/aromatic N) is 2. The van der Waals surface area contributed by atoms with Crippen LogP contribution < -0.4 is 5.73 Å². The van der Waals surface area contributed by atoms with E-state index in [2.05, 4.69) is 9.97 Å². The van der Waals surface area contributed by atoms with Crippen LogP contribution in [0.4, 0.5) is 5.95 Å². The molecule has 0 saturated carbocycles. The maximum Gasteiger partial charge on any atom is 0.357 e. The zero-order valence-electron chi connectivity index (χ0n) is 9.21. The van der Waals surface area contributed by atoms with Crippen molar-refractivity contribution in [2.24, 2.45) is 0 Å². The molecule has 88 valence electrons. The first-order chi connectivity index (χ1) is 8.20. The lowest BCUT2D eigenvalue weighted by atomic mass is 10.3. The van der Waals surface area contributed by atoms with E-state index in [1.165, 1.54) is 11.3 Å². The molecule has 0 saturated heterocycles. The van der Waals surface area contributed by atoms with E-state index in [1.54, 1.807) is 13.0 Å². The molecule has 17 heavy (non-hydrogen) atoms.